The van der Waals surface area contributed by atoms with Crippen LogP contribution in [0.3, 0.4) is 0 Å². The Labute approximate surface area is 176 Å². The van der Waals surface area contributed by atoms with Crippen LogP contribution in [-0.4, -0.2) is 35.3 Å². The van der Waals surface area contributed by atoms with E-state index in [0.29, 0.717) is 0 Å². The van der Waals surface area contributed by atoms with Gasteiger partial charge in [0.05, 0.1) is 5.57 Å². The summed E-state index contributed by atoms with van der Waals surface area (Å²) in [5.41, 5.74) is 2.24. The minimum absolute atomic E-state index is 0.102. The number of carbonyl (C=O) groups is 1. The van der Waals surface area contributed by atoms with Gasteiger partial charge in [0, 0.05) is 29.8 Å². The third kappa shape index (κ3) is 9.84. The Balaban J connectivity index is 0.00000352. The molecule has 1 N–H and O–H groups in total. The van der Waals surface area contributed by atoms with Crippen LogP contribution in [0.15, 0.2) is 59.7 Å². The fourth-order valence-electron chi connectivity index (χ4n) is 2.51. The Kier molecular flexibility index (Phi) is 14.9. The third-order valence-corrected chi connectivity index (χ3v) is 4.84. The molecule has 0 amide bonds. The molecule has 0 aliphatic carbocycles. The van der Waals surface area contributed by atoms with E-state index in [0.717, 1.165) is 54.8 Å². The van der Waals surface area contributed by atoms with E-state index < -0.39 is 5.97 Å². The SMILES string of the molecule is C=C(/C=C(SC)\C(=C\N(CCCC)CCCC)c1ccccc1)C(=O)O.CC. The van der Waals surface area contributed by atoms with Crippen LogP contribution in [-0.2, 0) is 4.79 Å². The predicted octanol–water partition coefficient (Wildman–Crippen LogP) is 6.84. The summed E-state index contributed by atoms with van der Waals surface area (Å²) >= 11 is 1.55. The van der Waals surface area contributed by atoms with Gasteiger partial charge in [-0.1, -0.05) is 77.4 Å². The molecule has 0 unspecified atom stereocenters. The fourth-order valence-corrected chi connectivity index (χ4v) is 3.16. The number of hydrogen-bond acceptors (Lipinski definition) is 3. The molecular weight excluding hydrogens is 366 g/mol. The molecule has 0 atom stereocenters. The van der Waals surface area contributed by atoms with E-state index in [1.807, 2.05) is 38.3 Å². The molecule has 0 radical (unpaired) electrons. The summed E-state index contributed by atoms with van der Waals surface area (Å²) in [6.45, 7) is 14.1. The zero-order valence-corrected chi connectivity index (χ0v) is 19.0. The quantitative estimate of drug-likeness (QED) is 0.306. The Morgan fingerprint density at radius 2 is 1.64 bits per heavy atom. The van der Waals surface area contributed by atoms with Crippen molar-refractivity contribution in [2.75, 3.05) is 19.3 Å². The molecule has 156 valence electrons. The highest BCUT2D eigenvalue weighted by atomic mass is 32.2. The normalized spacial score (nSPS) is 11.5. The van der Waals surface area contributed by atoms with Crippen LogP contribution < -0.4 is 0 Å². The number of carboxylic acid groups (broad SMARTS) is 1. The highest BCUT2D eigenvalue weighted by Crippen LogP contribution is 2.32. The molecule has 28 heavy (non-hydrogen) atoms. The lowest BCUT2D eigenvalue weighted by molar-refractivity contribution is -0.132. The van der Waals surface area contributed by atoms with Crippen molar-refractivity contribution in [1.82, 2.24) is 4.90 Å². The molecule has 0 spiro atoms. The minimum atomic E-state index is -0.988. The average Bonchev–Trinajstić information content (AvgIpc) is 2.73. The van der Waals surface area contributed by atoms with E-state index >= 15 is 0 Å². The number of benzene rings is 1. The van der Waals surface area contributed by atoms with Gasteiger partial charge in [0.2, 0.25) is 0 Å². The predicted molar refractivity (Wildman–Crippen MR) is 126 cm³/mol. The average molecular weight is 404 g/mol. The lowest BCUT2D eigenvalue weighted by Gasteiger charge is -2.23. The number of rotatable bonds is 12. The molecule has 0 aliphatic rings. The summed E-state index contributed by atoms with van der Waals surface area (Å²) in [5, 5.41) is 9.21. The second-order valence-corrected chi connectivity index (χ2v) is 7.04. The van der Waals surface area contributed by atoms with Crippen molar-refractivity contribution in [1.29, 1.82) is 0 Å². The van der Waals surface area contributed by atoms with Crippen molar-refractivity contribution in [3.05, 3.63) is 65.2 Å². The second-order valence-electron chi connectivity index (χ2n) is 6.19. The van der Waals surface area contributed by atoms with Crippen LogP contribution in [0.2, 0.25) is 0 Å². The first kappa shape index (κ1) is 26.1. The Morgan fingerprint density at radius 1 is 1.11 bits per heavy atom. The summed E-state index contributed by atoms with van der Waals surface area (Å²) in [4.78, 5) is 14.5. The van der Waals surface area contributed by atoms with E-state index in [2.05, 4.69) is 43.7 Å². The van der Waals surface area contributed by atoms with Gasteiger partial charge in [-0.25, -0.2) is 4.79 Å². The molecule has 1 rings (SSSR count). The molecule has 1 aromatic rings. The van der Waals surface area contributed by atoms with Gasteiger partial charge in [0.1, 0.15) is 0 Å². The minimum Gasteiger partial charge on any atom is -0.478 e. The van der Waals surface area contributed by atoms with Crippen molar-refractivity contribution in [3.8, 4) is 0 Å². The number of carboxylic acids is 1. The number of unbranched alkanes of at least 4 members (excludes halogenated alkanes) is 2. The van der Waals surface area contributed by atoms with Gasteiger partial charge in [-0.3, -0.25) is 0 Å². The molecule has 0 aliphatic heterocycles. The maximum Gasteiger partial charge on any atom is 0.335 e. The molecule has 3 nitrogen and oxygen atoms in total. The van der Waals surface area contributed by atoms with Crippen molar-refractivity contribution in [2.45, 2.75) is 53.4 Å². The van der Waals surface area contributed by atoms with Crippen LogP contribution >= 0.6 is 11.8 Å². The number of nitrogens with zero attached hydrogens (tertiary/aromatic N) is 1. The number of thioether (sulfide) groups is 1. The molecule has 4 heteroatoms. The van der Waals surface area contributed by atoms with Crippen molar-refractivity contribution < 1.29 is 9.90 Å². The van der Waals surface area contributed by atoms with Crippen molar-refractivity contribution in [3.63, 3.8) is 0 Å². The first-order valence-electron chi connectivity index (χ1n) is 10.2. The molecule has 0 saturated heterocycles. The summed E-state index contributed by atoms with van der Waals surface area (Å²) < 4.78 is 0. The summed E-state index contributed by atoms with van der Waals surface area (Å²) in [6.07, 6.45) is 10.4. The smallest absolute Gasteiger partial charge is 0.335 e. The topological polar surface area (TPSA) is 40.5 Å². The van der Waals surface area contributed by atoms with Gasteiger partial charge < -0.3 is 10.0 Å². The number of hydrogen-bond donors (Lipinski definition) is 1. The lowest BCUT2D eigenvalue weighted by Crippen LogP contribution is -2.20. The zero-order valence-electron chi connectivity index (χ0n) is 18.2. The van der Waals surface area contributed by atoms with Gasteiger partial charge in [0.25, 0.3) is 0 Å². The summed E-state index contributed by atoms with van der Waals surface area (Å²) in [5.74, 6) is -0.988. The molecule has 0 saturated carbocycles. The highest BCUT2D eigenvalue weighted by molar-refractivity contribution is 8.03. The molecule has 0 fully saturated rings. The summed E-state index contributed by atoms with van der Waals surface area (Å²) in [6, 6.07) is 10.1. The summed E-state index contributed by atoms with van der Waals surface area (Å²) in [7, 11) is 0. The van der Waals surface area contributed by atoms with E-state index in [4.69, 9.17) is 0 Å². The molecule has 0 bridgehead atoms. The van der Waals surface area contributed by atoms with Gasteiger partial charge in [-0.05, 0) is 30.7 Å². The molecule has 1 aromatic carbocycles. The third-order valence-electron chi connectivity index (χ3n) is 4.06. The maximum absolute atomic E-state index is 11.2. The standard InChI is InChI=1S/C22H31NO2S.C2H6/c1-5-7-14-23(15-8-6-2)17-20(19-12-10-9-11-13-19)21(26-4)16-18(3)22(24)25;1-2/h9-13,16-17H,3,5-8,14-15H2,1-2,4H3,(H,24,25);1-2H3/b20-17+,21-16+;. The van der Waals surface area contributed by atoms with Crippen LogP contribution in [0, 0.1) is 0 Å². The highest BCUT2D eigenvalue weighted by Gasteiger charge is 2.12. The van der Waals surface area contributed by atoms with Crippen LogP contribution in [0.4, 0.5) is 0 Å². The first-order chi connectivity index (χ1) is 13.5. The van der Waals surface area contributed by atoms with Crippen LogP contribution in [0.25, 0.3) is 5.57 Å². The lowest BCUT2D eigenvalue weighted by atomic mass is 10.0. The van der Waals surface area contributed by atoms with Crippen LogP contribution in [0.1, 0.15) is 58.9 Å². The Morgan fingerprint density at radius 3 is 2.07 bits per heavy atom. The Bertz CT molecular complexity index is 627. The van der Waals surface area contributed by atoms with E-state index in [-0.39, 0.29) is 5.57 Å². The number of aliphatic carboxylic acids is 1. The monoisotopic (exact) mass is 403 g/mol. The van der Waals surface area contributed by atoms with Crippen LogP contribution in [0.5, 0.6) is 0 Å². The van der Waals surface area contributed by atoms with Gasteiger partial charge in [0.15, 0.2) is 0 Å². The Hall–Kier alpha value is -1.94. The largest absolute Gasteiger partial charge is 0.478 e. The first-order valence-corrected chi connectivity index (χ1v) is 11.4. The maximum atomic E-state index is 11.2. The van der Waals surface area contributed by atoms with E-state index in [1.165, 1.54) is 0 Å². The van der Waals surface area contributed by atoms with Gasteiger partial charge in [-0.2, -0.15) is 0 Å². The van der Waals surface area contributed by atoms with E-state index in [1.54, 1.807) is 17.8 Å². The zero-order chi connectivity index (χ0) is 21.4. The molecule has 0 aromatic heterocycles. The van der Waals surface area contributed by atoms with Gasteiger partial charge in [-0.15, -0.1) is 11.8 Å². The van der Waals surface area contributed by atoms with Crippen molar-refractivity contribution >= 4 is 23.3 Å². The van der Waals surface area contributed by atoms with Crippen molar-refractivity contribution in [2.24, 2.45) is 0 Å². The van der Waals surface area contributed by atoms with E-state index in [9.17, 15) is 9.90 Å². The second kappa shape index (κ2) is 16.1. The van der Waals surface area contributed by atoms with Gasteiger partial charge >= 0.3 is 5.97 Å². The molecule has 0 heterocycles. The molecular formula is C24H37NO2S. The number of allylic oxidation sites excluding steroid dienone is 1. The fraction of sp³-hybridized carbons (Fsp3) is 0.458.